The third kappa shape index (κ3) is 3.92. The zero-order valence-electron chi connectivity index (χ0n) is 10.8. The van der Waals surface area contributed by atoms with Gasteiger partial charge in [0.05, 0.1) is 0 Å². The quantitative estimate of drug-likeness (QED) is 0.633. The number of anilines is 1. The highest BCUT2D eigenvalue weighted by Gasteiger charge is 2.29. The van der Waals surface area contributed by atoms with Gasteiger partial charge in [-0.3, -0.25) is 4.79 Å². The Balaban J connectivity index is 1.95. The predicted molar refractivity (Wildman–Crippen MR) is 74.2 cm³/mol. The molecule has 1 saturated carbocycles. The summed E-state index contributed by atoms with van der Waals surface area (Å²) in [7, 11) is 0. The Hall–Kier alpha value is -1.75. The fraction of sp³-hybridized carbons (Fsp3) is 0.438. The van der Waals surface area contributed by atoms with Crippen molar-refractivity contribution in [3.8, 4) is 11.8 Å². The van der Waals surface area contributed by atoms with E-state index >= 15 is 0 Å². The van der Waals surface area contributed by atoms with Gasteiger partial charge in [-0.2, -0.15) is 0 Å². The van der Waals surface area contributed by atoms with Crippen LogP contribution in [0.15, 0.2) is 24.3 Å². The lowest BCUT2D eigenvalue weighted by molar-refractivity contribution is -0.117. The summed E-state index contributed by atoms with van der Waals surface area (Å²) < 4.78 is 0. The Bertz CT molecular complexity index is 477. The molecular formula is C16H19NO. The lowest BCUT2D eigenvalue weighted by Gasteiger charge is -2.03. The zero-order valence-corrected chi connectivity index (χ0v) is 10.8. The molecule has 2 rings (SSSR count). The van der Waals surface area contributed by atoms with Crippen LogP contribution in [0.5, 0.6) is 0 Å². The van der Waals surface area contributed by atoms with Gasteiger partial charge >= 0.3 is 0 Å². The fourth-order valence-corrected chi connectivity index (χ4v) is 1.69. The first kappa shape index (κ1) is 12.7. The summed E-state index contributed by atoms with van der Waals surface area (Å²) in [6.45, 7) is 2.16. The summed E-state index contributed by atoms with van der Waals surface area (Å²) in [6, 6.07) is 7.77. The number of benzene rings is 1. The smallest absolute Gasteiger partial charge is 0.227 e. The molecule has 1 aliphatic carbocycles. The number of nitrogens with one attached hydrogen (secondary N) is 1. The van der Waals surface area contributed by atoms with Crippen molar-refractivity contribution in [2.24, 2.45) is 5.92 Å². The van der Waals surface area contributed by atoms with Gasteiger partial charge in [-0.05, 0) is 37.5 Å². The monoisotopic (exact) mass is 241 g/mol. The molecule has 94 valence electrons. The average molecular weight is 241 g/mol. The average Bonchev–Trinajstić information content (AvgIpc) is 3.19. The first-order valence-electron chi connectivity index (χ1n) is 6.69. The molecule has 0 spiro atoms. The number of hydrogen-bond donors (Lipinski definition) is 1. The van der Waals surface area contributed by atoms with Crippen molar-refractivity contribution in [2.45, 2.75) is 39.0 Å². The van der Waals surface area contributed by atoms with Gasteiger partial charge in [-0.25, -0.2) is 0 Å². The van der Waals surface area contributed by atoms with E-state index in [1.807, 2.05) is 24.3 Å². The van der Waals surface area contributed by atoms with E-state index in [0.29, 0.717) is 0 Å². The van der Waals surface area contributed by atoms with Crippen molar-refractivity contribution in [1.82, 2.24) is 0 Å². The van der Waals surface area contributed by atoms with Gasteiger partial charge < -0.3 is 5.32 Å². The number of carbonyl (C=O) groups is 1. The van der Waals surface area contributed by atoms with Gasteiger partial charge in [-0.1, -0.05) is 31.3 Å². The maximum atomic E-state index is 11.6. The minimum absolute atomic E-state index is 0.145. The Morgan fingerprint density at radius 3 is 3.00 bits per heavy atom. The molecule has 2 heteroatoms. The minimum Gasteiger partial charge on any atom is -0.326 e. The van der Waals surface area contributed by atoms with Crippen LogP contribution in [0.4, 0.5) is 5.69 Å². The predicted octanol–water partition coefficient (Wildman–Crippen LogP) is 3.58. The van der Waals surface area contributed by atoms with E-state index in [9.17, 15) is 4.79 Å². The molecule has 0 aliphatic heterocycles. The summed E-state index contributed by atoms with van der Waals surface area (Å²) in [4.78, 5) is 11.6. The summed E-state index contributed by atoms with van der Waals surface area (Å²) in [5, 5.41) is 2.94. The fourth-order valence-electron chi connectivity index (χ4n) is 1.69. The summed E-state index contributed by atoms with van der Waals surface area (Å²) >= 11 is 0. The Kier molecular flexibility index (Phi) is 4.41. The third-order valence-electron chi connectivity index (χ3n) is 2.97. The lowest BCUT2D eigenvalue weighted by atomic mass is 10.2. The normalized spacial score (nSPS) is 13.6. The van der Waals surface area contributed by atoms with Crippen LogP contribution in [0, 0.1) is 17.8 Å². The summed E-state index contributed by atoms with van der Waals surface area (Å²) in [5.41, 5.74) is 1.83. The number of amides is 1. The molecule has 0 saturated heterocycles. The van der Waals surface area contributed by atoms with Crippen molar-refractivity contribution in [2.75, 3.05) is 5.32 Å². The summed E-state index contributed by atoms with van der Waals surface area (Å²) in [5.74, 6) is 6.68. The van der Waals surface area contributed by atoms with E-state index in [2.05, 4.69) is 24.1 Å². The first-order chi connectivity index (χ1) is 8.79. The SMILES string of the molecule is CCCCC#Cc1cccc(NC(=O)C2CC2)c1. The van der Waals surface area contributed by atoms with E-state index in [0.717, 1.165) is 36.9 Å². The van der Waals surface area contributed by atoms with Crippen LogP contribution in [-0.2, 0) is 4.79 Å². The van der Waals surface area contributed by atoms with Crippen molar-refractivity contribution >= 4 is 11.6 Å². The van der Waals surface area contributed by atoms with Crippen molar-refractivity contribution in [1.29, 1.82) is 0 Å². The molecule has 0 bridgehead atoms. The van der Waals surface area contributed by atoms with E-state index in [1.165, 1.54) is 6.42 Å². The standard InChI is InChI=1S/C16H19NO/c1-2-3-4-5-7-13-8-6-9-15(12-13)17-16(18)14-10-11-14/h6,8-9,12,14H,2-4,10-11H2,1H3,(H,17,18). The van der Waals surface area contributed by atoms with Crippen LogP contribution in [0.2, 0.25) is 0 Å². The van der Waals surface area contributed by atoms with Crippen LogP contribution < -0.4 is 5.32 Å². The van der Waals surface area contributed by atoms with Gasteiger partial charge in [0.1, 0.15) is 0 Å². The molecule has 1 N–H and O–H groups in total. The van der Waals surface area contributed by atoms with Crippen LogP contribution in [0.1, 0.15) is 44.6 Å². The second-order valence-electron chi connectivity index (χ2n) is 4.75. The Morgan fingerprint density at radius 2 is 2.28 bits per heavy atom. The molecule has 1 amide bonds. The second-order valence-corrected chi connectivity index (χ2v) is 4.75. The van der Waals surface area contributed by atoms with Crippen LogP contribution >= 0.6 is 0 Å². The molecule has 0 radical (unpaired) electrons. The van der Waals surface area contributed by atoms with Gasteiger partial charge in [0.2, 0.25) is 5.91 Å². The molecule has 0 unspecified atom stereocenters. The lowest BCUT2D eigenvalue weighted by Crippen LogP contribution is -2.13. The van der Waals surface area contributed by atoms with Gasteiger partial charge in [0.15, 0.2) is 0 Å². The van der Waals surface area contributed by atoms with Crippen molar-refractivity contribution in [3.63, 3.8) is 0 Å². The highest BCUT2D eigenvalue weighted by molar-refractivity contribution is 5.94. The molecule has 0 aromatic heterocycles. The maximum Gasteiger partial charge on any atom is 0.227 e. The van der Waals surface area contributed by atoms with Crippen LogP contribution in [0.25, 0.3) is 0 Å². The first-order valence-corrected chi connectivity index (χ1v) is 6.69. The maximum absolute atomic E-state index is 11.6. The highest BCUT2D eigenvalue weighted by atomic mass is 16.2. The molecule has 18 heavy (non-hydrogen) atoms. The van der Waals surface area contributed by atoms with E-state index < -0.39 is 0 Å². The van der Waals surface area contributed by atoms with Crippen molar-refractivity contribution < 1.29 is 4.79 Å². The molecule has 0 heterocycles. The highest BCUT2D eigenvalue weighted by Crippen LogP contribution is 2.30. The number of unbranched alkanes of at least 4 members (excludes halogenated alkanes) is 2. The molecule has 1 aromatic carbocycles. The van der Waals surface area contributed by atoms with Gasteiger partial charge in [0, 0.05) is 23.6 Å². The topological polar surface area (TPSA) is 29.1 Å². The van der Waals surface area contributed by atoms with E-state index in [1.54, 1.807) is 0 Å². The van der Waals surface area contributed by atoms with E-state index in [4.69, 9.17) is 0 Å². The molecule has 1 aliphatic rings. The zero-order chi connectivity index (χ0) is 12.8. The number of hydrogen-bond acceptors (Lipinski definition) is 1. The molecule has 0 atom stereocenters. The van der Waals surface area contributed by atoms with Gasteiger partial charge in [-0.15, -0.1) is 0 Å². The Morgan fingerprint density at radius 1 is 1.44 bits per heavy atom. The minimum atomic E-state index is 0.145. The molecule has 1 aromatic rings. The molecule has 1 fully saturated rings. The number of carbonyl (C=O) groups excluding carboxylic acids is 1. The molecule has 2 nitrogen and oxygen atoms in total. The third-order valence-corrected chi connectivity index (χ3v) is 2.97. The van der Waals surface area contributed by atoms with Crippen molar-refractivity contribution in [3.05, 3.63) is 29.8 Å². The largest absolute Gasteiger partial charge is 0.326 e. The van der Waals surface area contributed by atoms with Gasteiger partial charge in [0.25, 0.3) is 0 Å². The van der Waals surface area contributed by atoms with Crippen LogP contribution in [0.3, 0.4) is 0 Å². The molecular weight excluding hydrogens is 222 g/mol. The van der Waals surface area contributed by atoms with Crippen LogP contribution in [-0.4, -0.2) is 5.91 Å². The summed E-state index contributed by atoms with van der Waals surface area (Å²) in [6.07, 6.45) is 5.32. The van der Waals surface area contributed by atoms with E-state index in [-0.39, 0.29) is 11.8 Å². The Labute approximate surface area is 109 Å². The second kappa shape index (κ2) is 6.26. The number of rotatable bonds is 4.